The second-order valence-corrected chi connectivity index (χ2v) is 5.13. The Labute approximate surface area is 117 Å². The fourth-order valence-electron chi connectivity index (χ4n) is 2.87. The Morgan fingerprint density at radius 2 is 2.14 bits per heavy atom. The van der Waals surface area contributed by atoms with E-state index in [0.29, 0.717) is 5.57 Å². The van der Waals surface area contributed by atoms with Crippen LogP contribution in [0.5, 0.6) is 0 Å². The molecule has 3 rings (SSSR count). The molecule has 2 aromatic rings. The van der Waals surface area contributed by atoms with Gasteiger partial charge >= 0.3 is 5.69 Å². The summed E-state index contributed by atoms with van der Waals surface area (Å²) in [7, 11) is 0. The fraction of sp³-hybridized carbons (Fsp3) is 0.417. The predicted molar refractivity (Wildman–Crippen MR) is 74.8 cm³/mol. The van der Waals surface area contributed by atoms with E-state index in [1.165, 1.54) is 4.57 Å². The van der Waals surface area contributed by atoms with Crippen molar-refractivity contribution in [3.05, 3.63) is 33.0 Å². The SMILES string of the molecule is C=C1[C@@H](CO)[C@H](O)C[C@H]1n1c(=O)[nH]c2c(=O)[nH]c(N)nc21. The Balaban J connectivity index is 2.22. The quantitative estimate of drug-likeness (QED) is 0.424. The number of nitrogen functional groups attached to an aromatic ring is 1. The minimum Gasteiger partial charge on any atom is -0.396 e. The van der Waals surface area contributed by atoms with Crippen molar-refractivity contribution in [1.29, 1.82) is 0 Å². The summed E-state index contributed by atoms with van der Waals surface area (Å²) in [5, 5.41) is 19.2. The first-order valence-corrected chi connectivity index (χ1v) is 6.41. The third-order valence-corrected chi connectivity index (χ3v) is 3.94. The van der Waals surface area contributed by atoms with E-state index in [0.717, 1.165) is 0 Å². The van der Waals surface area contributed by atoms with Crippen LogP contribution in [0, 0.1) is 5.92 Å². The van der Waals surface area contributed by atoms with Crippen molar-refractivity contribution in [2.24, 2.45) is 5.92 Å². The van der Waals surface area contributed by atoms with Crippen LogP contribution in [-0.4, -0.2) is 42.4 Å². The van der Waals surface area contributed by atoms with Crippen molar-refractivity contribution in [2.45, 2.75) is 18.6 Å². The van der Waals surface area contributed by atoms with Crippen LogP contribution in [0.1, 0.15) is 12.5 Å². The molecule has 1 aliphatic rings. The summed E-state index contributed by atoms with van der Waals surface area (Å²) in [5.74, 6) is -0.616. The van der Waals surface area contributed by atoms with Gasteiger partial charge < -0.3 is 15.9 Å². The summed E-state index contributed by atoms with van der Waals surface area (Å²) in [5.41, 5.74) is 5.08. The molecule has 9 nitrogen and oxygen atoms in total. The normalized spacial score (nSPS) is 25.8. The number of H-pyrrole nitrogens is 2. The smallest absolute Gasteiger partial charge is 0.328 e. The van der Waals surface area contributed by atoms with E-state index in [2.05, 4.69) is 21.5 Å². The Morgan fingerprint density at radius 3 is 2.76 bits per heavy atom. The molecule has 3 atom stereocenters. The van der Waals surface area contributed by atoms with E-state index in [4.69, 9.17) is 5.73 Å². The van der Waals surface area contributed by atoms with Crippen molar-refractivity contribution in [1.82, 2.24) is 19.5 Å². The maximum Gasteiger partial charge on any atom is 0.328 e. The summed E-state index contributed by atoms with van der Waals surface area (Å²) in [6.45, 7) is 3.59. The second kappa shape index (κ2) is 4.57. The summed E-state index contributed by atoms with van der Waals surface area (Å²) in [6.07, 6.45) is -0.589. The Bertz CT molecular complexity index is 832. The molecule has 1 aliphatic carbocycles. The zero-order valence-electron chi connectivity index (χ0n) is 11.0. The zero-order chi connectivity index (χ0) is 15.3. The fourth-order valence-corrected chi connectivity index (χ4v) is 2.87. The van der Waals surface area contributed by atoms with Gasteiger partial charge in [0.15, 0.2) is 11.2 Å². The lowest BCUT2D eigenvalue weighted by Crippen LogP contribution is -2.22. The highest BCUT2D eigenvalue weighted by Crippen LogP contribution is 2.38. The van der Waals surface area contributed by atoms with Crippen molar-refractivity contribution < 1.29 is 10.2 Å². The third-order valence-electron chi connectivity index (χ3n) is 3.94. The topological polar surface area (TPSA) is 150 Å². The van der Waals surface area contributed by atoms with Crippen molar-refractivity contribution in [3.63, 3.8) is 0 Å². The average molecular weight is 293 g/mol. The summed E-state index contributed by atoms with van der Waals surface area (Å²) < 4.78 is 1.25. The van der Waals surface area contributed by atoms with Gasteiger partial charge in [0.25, 0.3) is 5.56 Å². The molecule has 0 amide bonds. The molecular formula is C12H15N5O4. The van der Waals surface area contributed by atoms with Gasteiger partial charge in [-0.3, -0.25) is 19.3 Å². The van der Waals surface area contributed by atoms with E-state index in [1.54, 1.807) is 0 Å². The molecule has 112 valence electrons. The predicted octanol–water partition coefficient (Wildman–Crippen LogP) is -1.53. The van der Waals surface area contributed by atoms with Crippen LogP contribution >= 0.6 is 0 Å². The van der Waals surface area contributed by atoms with Crippen molar-refractivity contribution in [3.8, 4) is 0 Å². The molecule has 0 spiro atoms. The molecule has 9 heteroatoms. The van der Waals surface area contributed by atoms with Gasteiger partial charge in [-0.15, -0.1) is 0 Å². The molecule has 0 unspecified atom stereocenters. The Morgan fingerprint density at radius 1 is 1.43 bits per heavy atom. The number of nitrogens with one attached hydrogen (secondary N) is 2. The number of rotatable bonds is 2. The van der Waals surface area contributed by atoms with Crippen LogP contribution in [-0.2, 0) is 0 Å². The first kappa shape index (κ1) is 13.6. The number of hydrogen-bond donors (Lipinski definition) is 5. The van der Waals surface area contributed by atoms with Crippen LogP contribution < -0.4 is 17.0 Å². The largest absolute Gasteiger partial charge is 0.396 e. The summed E-state index contributed by atoms with van der Waals surface area (Å²) >= 11 is 0. The molecule has 0 saturated heterocycles. The van der Waals surface area contributed by atoms with Crippen LogP contribution in [0.25, 0.3) is 11.2 Å². The lowest BCUT2D eigenvalue weighted by molar-refractivity contribution is 0.101. The number of hydrogen-bond acceptors (Lipinski definition) is 6. The van der Waals surface area contributed by atoms with Gasteiger partial charge in [0, 0.05) is 5.92 Å². The van der Waals surface area contributed by atoms with E-state index in [9.17, 15) is 19.8 Å². The molecule has 0 aromatic carbocycles. The molecule has 1 fully saturated rings. The molecule has 1 saturated carbocycles. The van der Waals surface area contributed by atoms with Gasteiger partial charge in [0.2, 0.25) is 5.95 Å². The third kappa shape index (κ3) is 1.89. The Hall–Kier alpha value is -2.39. The van der Waals surface area contributed by atoms with E-state index >= 15 is 0 Å². The number of aromatic nitrogens is 4. The lowest BCUT2D eigenvalue weighted by Gasteiger charge is -2.14. The maximum atomic E-state index is 12.1. The van der Waals surface area contributed by atoms with E-state index in [1.807, 2.05) is 0 Å². The summed E-state index contributed by atoms with van der Waals surface area (Å²) in [4.78, 5) is 32.6. The van der Waals surface area contributed by atoms with Crippen molar-refractivity contribution >= 4 is 17.1 Å². The average Bonchev–Trinajstić information content (AvgIpc) is 2.87. The molecule has 2 heterocycles. The van der Waals surface area contributed by atoms with Gasteiger partial charge in [0.1, 0.15) is 0 Å². The lowest BCUT2D eigenvalue weighted by atomic mass is 10.0. The molecule has 6 N–H and O–H groups in total. The molecule has 0 bridgehead atoms. The second-order valence-electron chi connectivity index (χ2n) is 5.13. The van der Waals surface area contributed by atoms with Crippen LogP contribution in [0.4, 0.5) is 5.95 Å². The maximum absolute atomic E-state index is 12.1. The first-order valence-electron chi connectivity index (χ1n) is 6.41. The van der Waals surface area contributed by atoms with E-state index in [-0.39, 0.29) is 30.1 Å². The number of aliphatic hydroxyl groups is 2. The molecule has 2 aromatic heterocycles. The summed E-state index contributed by atoms with van der Waals surface area (Å²) in [6, 6.07) is -0.549. The minimum absolute atomic E-state index is 0.0175. The molecular weight excluding hydrogens is 278 g/mol. The zero-order valence-corrected chi connectivity index (χ0v) is 11.0. The number of aromatic amines is 2. The number of aliphatic hydroxyl groups excluding tert-OH is 2. The van der Waals surface area contributed by atoms with Gasteiger partial charge in [-0.2, -0.15) is 4.98 Å². The monoisotopic (exact) mass is 293 g/mol. The highest BCUT2D eigenvalue weighted by atomic mass is 16.3. The number of nitrogens with zero attached hydrogens (tertiary/aromatic N) is 2. The number of anilines is 1. The Kier molecular flexibility index (Phi) is 2.96. The molecule has 0 radical (unpaired) electrons. The van der Waals surface area contributed by atoms with Crippen LogP contribution in [0.15, 0.2) is 21.7 Å². The van der Waals surface area contributed by atoms with Crippen molar-refractivity contribution in [2.75, 3.05) is 12.3 Å². The van der Waals surface area contributed by atoms with Gasteiger partial charge in [-0.1, -0.05) is 6.58 Å². The van der Waals surface area contributed by atoms with Crippen LogP contribution in [0.2, 0.25) is 0 Å². The number of fused-ring (bicyclic) bond motifs is 1. The van der Waals surface area contributed by atoms with E-state index < -0.39 is 29.3 Å². The van der Waals surface area contributed by atoms with Crippen LogP contribution in [0.3, 0.4) is 0 Å². The van der Waals surface area contributed by atoms with Gasteiger partial charge in [-0.05, 0) is 12.0 Å². The molecule has 21 heavy (non-hydrogen) atoms. The number of imidazole rings is 1. The van der Waals surface area contributed by atoms with Gasteiger partial charge in [-0.25, -0.2) is 4.79 Å². The number of nitrogens with two attached hydrogens (primary N) is 1. The highest BCUT2D eigenvalue weighted by molar-refractivity contribution is 5.70. The van der Waals surface area contributed by atoms with Gasteiger partial charge in [0.05, 0.1) is 18.8 Å². The first-order chi connectivity index (χ1) is 9.93. The molecule has 0 aliphatic heterocycles. The minimum atomic E-state index is -0.802. The highest BCUT2D eigenvalue weighted by Gasteiger charge is 2.38. The standard InChI is InChI=1S/C12H15N5O4/c1-4-5(3-18)7(19)2-6(4)17-9-8(14-12(17)21)10(20)16-11(13)15-9/h5-7,18-19H,1-3H2,(H,14,21)(H3,13,15,16,20)/t5-,6-,7-/m1/s1.